The molecule has 2 aliphatic rings. The molecule has 0 bridgehead atoms. The molecule has 0 N–H and O–H groups in total. The van der Waals surface area contributed by atoms with E-state index in [4.69, 9.17) is 9.15 Å². The number of likely N-dealkylation sites (tertiary alicyclic amines) is 1. The average molecular weight is 415 g/mol. The summed E-state index contributed by atoms with van der Waals surface area (Å²) in [4.78, 5) is 40.0. The van der Waals surface area contributed by atoms with Gasteiger partial charge in [-0.15, -0.1) is 0 Å². The van der Waals surface area contributed by atoms with E-state index in [-0.39, 0.29) is 23.2 Å². The van der Waals surface area contributed by atoms with Crippen LogP contribution in [0, 0.1) is 11.8 Å². The van der Waals surface area contributed by atoms with Crippen molar-refractivity contribution in [3.05, 3.63) is 82.2 Å². The van der Waals surface area contributed by atoms with Gasteiger partial charge in [0.25, 0.3) is 0 Å². The quantitative estimate of drug-likeness (QED) is 0.611. The molecule has 0 spiro atoms. The Morgan fingerprint density at radius 2 is 1.74 bits per heavy atom. The van der Waals surface area contributed by atoms with E-state index >= 15 is 0 Å². The fourth-order valence-corrected chi connectivity index (χ4v) is 4.79. The Balaban J connectivity index is 1.63. The number of imide groups is 1. The molecule has 1 aliphatic heterocycles. The van der Waals surface area contributed by atoms with Crippen molar-refractivity contribution in [3.63, 3.8) is 0 Å². The molecule has 1 aliphatic carbocycles. The Morgan fingerprint density at radius 3 is 2.48 bits per heavy atom. The van der Waals surface area contributed by atoms with Gasteiger partial charge in [0.1, 0.15) is 17.1 Å². The van der Waals surface area contributed by atoms with Crippen LogP contribution in [0.1, 0.15) is 23.7 Å². The first-order valence-electron chi connectivity index (χ1n) is 10.2. The molecule has 3 unspecified atom stereocenters. The van der Waals surface area contributed by atoms with Crippen molar-refractivity contribution in [3.8, 4) is 5.75 Å². The Morgan fingerprint density at radius 1 is 1.00 bits per heavy atom. The van der Waals surface area contributed by atoms with Crippen molar-refractivity contribution in [2.75, 3.05) is 14.2 Å². The number of rotatable bonds is 3. The summed E-state index contributed by atoms with van der Waals surface area (Å²) in [5.74, 6) is -0.752. The van der Waals surface area contributed by atoms with Crippen molar-refractivity contribution in [1.82, 2.24) is 4.90 Å². The largest absolute Gasteiger partial charge is 0.497 e. The fourth-order valence-electron chi connectivity index (χ4n) is 4.79. The number of methoxy groups -OCH3 is 1. The van der Waals surface area contributed by atoms with Crippen LogP contribution in [0.5, 0.6) is 5.75 Å². The predicted octanol–water partition coefficient (Wildman–Crippen LogP) is 3.60. The molecule has 6 nitrogen and oxygen atoms in total. The maximum atomic E-state index is 13.1. The van der Waals surface area contributed by atoms with E-state index in [9.17, 15) is 14.4 Å². The van der Waals surface area contributed by atoms with Crippen LogP contribution in [0.15, 0.2) is 69.9 Å². The zero-order chi connectivity index (χ0) is 21.7. The minimum atomic E-state index is -0.678. The van der Waals surface area contributed by atoms with Gasteiger partial charge < -0.3 is 9.15 Å². The standard InChI is InChI=1S/C25H21NO5/c1-26-24(28)22-16(14-7-9-15(30-2)10-8-14)11-12-18(23(22)25(26)29)21-13-19(27)17-5-3-4-6-20(17)31-21/h3-10,12-13,16,22-23H,11H2,1-2H3. The van der Waals surface area contributed by atoms with Gasteiger partial charge in [-0.2, -0.15) is 0 Å². The lowest BCUT2D eigenvalue weighted by atomic mass is 9.70. The third kappa shape index (κ3) is 2.98. The average Bonchev–Trinajstić information content (AvgIpc) is 3.03. The lowest BCUT2D eigenvalue weighted by Gasteiger charge is -2.31. The second-order valence-corrected chi connectivity index (χ2v) is 7.98. The molecule has 0 saturated carbocycles. The summed E-state index contributed by atoms with van der Waals surface area (Å²) in [6.45, 7) is 0. The Bertz CT molecular complexity index is 1290. The molecule has 0 radical (unpaired) electrons. The molecular weight excluding hydrogens is 394 g/mol. The number of hydrogen-bond acceptors (Lipinski definition) is 5. The fraction of sp³-hybridized carbons (Fsp3) is 0.240. The number of hydrogen-bond donors (Lipinski definition) is 0. The number of carbonyl (C=O) groups is 2. The van der Waals surface area contributed by atoms with E-state index in [1.165, 1.54) is 18.0 Å². The second kappa shape index (κ2) is 7.23. The highest BCUT2D eigenvalue weighted by Gasteiger charge is 2.53. The number of amides is 2. The monoisotopic (exact) mass is 415 g/mol. The first-order valence-corrected chi connectivity index (χ1v) is 10.2. The lowest BCUT2D eigenvalue weighted by Crippen LogP contribution is -2.29. The highest BCUT2D eigenvalue weighted by atomic mass is 16.5. The SMILES string of the molecule is COc1ccc(C2CC=C(c3cc(=O)c4ccccc4o3)C3C(=O)N(C)C(=O)C32)cc1. The van der Waals surface area contributed by atoms with E-state index in [2.05, 4.69) is 0 Å². The van der Waals surface area contributed by atoms with Gasteiger partial charge in [0.15, 0.2) is 5.43 Å². The van der Waals surface area contributed by atoms with Crippen LogP contribution in [0.25, 0.3) is 16.5 Å². The number of benzene rings is 2. The minimum absolute atomic E-state index is 0.145. The molecule has 5 rings (SSSR count). The molecule has 1 saturated heterocycles. The maximum Gasteiger partial charge on any atom is 0.237 e. The van der Waals surface area contributed by atoms with Gasteiger partial charge in [0, 0.05) is 24.6 Å². The maximum absolute atomic E-state index is 13.1. The molecule has 6 heteroatoms. The number of fused-ring (bicyclic) bond motifs is 2. The second-order valence-electron chi connectivity index (χ2n) is 7.98. The summed E-state index contributed by atoms with van der Waals surface area (Å²) in [6, 6.07) is 16.0. The number of ether oxygens (including phenoxy) is 1. The molecule has 3 aromatic rings. The van der Waals surface area contributed by atoms with Crippen molar-refractivity contribution in [1.29, 1.82) is 0 Å². The van der Waals surface area contributed by atoms with Crippen LogP contribution in [0.3, 0.4) is 0 Å². The van der Waals surface area contributed by atoms with Gasteiger partial charge in [-0.05, 0) is 36.2 Å². The molecule has 156 valence electrons. The van der Waals surface area contributed by atoms with Crippen molar-refractivity contribution in [2.24, 2.45) is 11.8 Å². The van der Waals surface area contributed by atoms with Gasteiger partial charge >= 0.3 is 0 Å². The summed E-state index contributed by atoms with van der Waals surface area (Å²) in [6.07, 6.45) is 2.50. The highest BCUT2D eigenvalue weighted by molar-refractivity contribution is 6.11. The summed E-state index contributed by atoms with van der Waals surface area (Å²) in [5, 5.41) is 0.487. The lowest BCUT2D eigenvalue weighted by molar-refractivity contribution is -0.138. The zero-order valence-electron chi connectivity index (χ0n) is 17.2. The van der Waals surface area contributed by atoms with Crippen LogP contribution in [-0.4, -0.2) is 30.9 Å². The van der Waals surface area contributed by atoms with Gasteiger partial charge in [0.05, 0.1) is 24.3 Å². The summed E-state index contributed by atoms with van der Waals surface area (Å²) >= 11 is 0. The van der Waals surface area contributed by atoms with Crippen molar-refractivity contribution in [2.45, 2.75) is 12.3 Å². The van der Waals surface area contributed by atoms with Gasteiger partial charge in [-0.1, -0.05) is 30.3 Å². The zero-order valence-corrected chi connectivity index (χ0v) is 17.2. The molecule has 2 aromatic carbocycles. The van der Waals surface area contributed by atoms with Gasteiger partial charge in [0.2, 0.25) is 11.8 Å². The molecule has 1 fully saturated rings. The minimum Gasteiger partial charge on any atom is -0.497 e. The van der Waals surface area contributed by atoms with E-state index in [0.29, 0.717) is 28.7 Å². The van der Waals surface area contributed by atoms with Crippen LogP contribution in [0.2, 0.25) is 0 Å². The molecule has 3 atom stereocenters. The number of allylic oxidation sites excluding steroid dienone is 1. The smallest absolute Gasteiger partial charge is 0.237 e. The first kappa shape index (κ1) is 19.3. The normalized spacial score (nSPS) is 23.1. The predicted molar refractivity (Wildman–Crippen MR) is 116 cm³/mol. The third-order valence-electron chi connectivity index (χ3n) is 6.39. The van der Waals surface area contributed by atoms with E-state index in [1.807, 2.05) is 30.3 Å². The van der Waals surface area contributed by atoms with Crippen LogP contribution < -0.4 is 10.2 Å². The number of carbonyl (C=O) groups excluding carboxylic acids is 2. The van der Waals surface area contributed by atoms with E-state index < -0.39 is 11.8 Å². The van der Waals surface area contributed by atoms with Crippen LogP contribution >= 0.6 is 0 Å². The van der Waals surface area contributed by atoms with Crippen LogP contribution in [-0.2, 0) is 9.59 Å². The van der Waals surface area contributed by atoms with Crippen molar-refractivity contribution >= 4 is 28.4 Å². The van der Waals surface area contributed by atoms with Crippen molar-refractivity contribution < 1.29 is 18.7 Å². The molecular formula is C25H21NO5. The van der Waals surface area contributed by atoms with E-state index in [1.54, 1.807) is 31.4 Å². The molecule has 31 heavy (non-hydrogen) atoms. The van der Waals surface area contributed by atoms with Crippen LogP contribution in [0.4, 0.5) is 0 Å². The number of nitrogens with zero attached hydrogens (tertiary/aromatic N) is 1. The first-order chi connectivity index (χ1) is 15.0. The Labute approximate surface area is 178 Å². The Hall–Kier alpha value is -3.67. The molecule has 2 heterocycles. The summed E-state index contributed by atoms with van der Waals surface area (Å²) < 4.78 is 11.2. The molecule has 2 amide bonds. The highest BCUT2D eigenvalue weighted by Crippen LogP contribution is 2.49. The Kier molecular flexibility index (Phi) is 4.50. The topological polar surface area (TPSA) is 76.8 Å². The van der Waals surface area contributed by atoms with Gasteiger partial charge in [-0.25, -0.2) is 0 Å². The van der Waals surface area contributed by atoms with Gasteiger partial charge in [-0.3, -0.25) is 19.3 Å². The van der Waals surface area contributed by atoms with E-state index in [0.717, 1.165) is 11.3 Å². The summed E-state index contributed by atoms with van der Waals surface area (Å²) in [7, 11) is 3.12. The third-order valence-corrected chi connectivity index (χ3v) is 6.39. The number of para-hydroxylation sites is 1. The molecule has 1 aromatic heterocycles. The summed E-state index contributed by atoms with van der Waals surface area (Å²) in [5.41, 5.74) is 1.88.